The molecule has 0 bridgehead atoms. The number of ether oxygens (including phenoxy) is 1. The second-order valence-corrected chi connectivity index (χ2v) is 7.99. The van der Waals surface area contributed by atoms with Crippen LogP contribution in [0.15, 0.2) is 53.0 Å². The van der Waals surface area contributed by atoms with Gasteiger partial charge in [0.15, 0.2) is 11.0 Å². The van der Waals surface area contributed by atoms with Crippen molar-refractivity contribution in [3.63, 3.8) is 0 Å². The average Bonchev–Trinajstić information content (AvgIpc) is 3.44. The van der Waals surface area contributed by atoms with Gasteiger partial charge in [0.2, 0.25) is 11.1 Å². The Bertz CT molecular complexity index is 1210. The van der Waals surface area contributed by atoms with Gasteiger partial charge in [0, 0.05) is 16.5 Å². The third-order valence-corrected chi connectivity index (χ3v) is 5.72. The fraction of sp³-hybridized carbons (Fsp3) is 0.100. The number of halogens is 2. The number of carbonyl (C=O) groups is 1. The molecule has 11 heteroatoms. The van der Waals surface area contributed by atoms with Crippen LogP contribution in [0.1, 0.15) is 0 Å². The molecule has 0 spiro atoms. The monoisotopic (exact) mass is 459 g/mol. The van der Waals surface area contributed by atoms with Crippen molar-refractivity contribution in [1.82, 2.24) is 20.2 Å². The Morgan fingerprint density at radius 1 is 1.19 bits per heavy atom. The Hall–Kier alpha value is -3.31. The Labute approximate surface area is 183 Å². The lowest BCUT2D eigenvalue weighted by Crippen LogP contribution is -2.13. The van der Waals surface area contributed by atoms with Gasteiger partial charge in [0.1, 0.15) is 17.4 Å². The molecule has 0 radical (unpaired) electrons. The highest BCUT2D eigenvalue weighted by Crippen LogP contribution is 2.28. The third-order valence-electron chi connectivity index (χ3n) is 4.12. The largest absolute Gasteiger partial charge is 0.497 e. The van der Waals surface area contributed by atoms with Crippen molar-refractivity contribution in [2.24, 2.45) is 0 Å². The molecule has 7 nitrogen and oxygen atoms in total. The first-order chi connectivity index (χ1) is 15.0. The molecule has 2 heterocycles. The maximum absolute atomic E-state index is 13.9. The van der Waals surface area contributed by atoms with Gasteiger partial charge in [0.25, 0.3) is 0 Å². The van der Waals surface area contributed by atoms with Crippen molar-refractivity contribution in [3.8, 4) is 28.4 Å². The van der Waals surface area contributed by atoms with E-state index in [0.29, 0.717) is 11.0 Å². The summed E-state index contributed by atoms with van der Waals surface area (Å²) in [6.07, 6.45) is 0. The van der Waals surface area contributed by atoms with Gasteiger partial charge in [-0.3, -0.25) is 9.89 Å². The molecule has 158 valence electrons. The number of anilines is 1. The van der Waals surface area contributed by atoms with E-state index >= 15 is 0 Å². The molecule has 0 saturated carbocycles. The highest BCUT2D eigenvalue weighted by Gasteiger charge is 2.14. The van der Waals surface area contributed by atoms with Crippen LogP contribution in [-0.4, -0.2) is 38.9 Å². The number of aromatic nitrogens is 4. The zero-order chi connectivity index (χ0) is 21.8. The molecule has 31 heavy (non-hydrogen) atoms. The number of amides is 1. The first kappa shape index (κ1) is 20.9. The van der Waals surface area contributed by atoms with Crippen molar-refractivity contribution >= 4 is 34.1 Å². The lowest BCUT2D eigenvalue weighted by atomic mass is 10.1. The molecule has 0 aliphatic heterocycles. The van der Waals surface area contributed by atoms with Crippen molar-refractivity contribution < 1.29 is 18.3 Å². The van der Waals surface area contributed by atoms with E-state index in [2.05, 4.69) is 25.5 Å². The van der Waals surface area contributed by atoms with E-state index in [1.807, 2.05) is 24.3 Å². The number of thioether (sulfide) groups is 1. The lowest BCUT2D eigenvalue weighted by molar-refractivity contribution is -0.113. The summed E-state index contributed by atoms with van der Waals surface area (Å²) < 4.78 is 32.4. The quantitative estimate of drug-likeness (QED) is 0.392. The molecule has 0 aliphatic rings. The van der Waals surface area contributed by atoms with Crippen LogP contribution in [0.4, 0.5) is 13.9 Å². The van der Waals surface area contributed by atoms with Gasteiger partial charge >= 0.3 is 0 Å². The van der Waals surface area contributed by atoms with E-state index in [1.165, 1.54) is 0 Å². The standard InChI is InChI=1S/C20H15F2N5O2S2/c1-29-13-5-2-11(3-6-13)18-25-20(27-26-18)31-10-17(28)24-19-23-16(9-30-19)14-8-12(21)4-7-15(14)22/h2-9H,10H2,1H3,(H,23,24,28)(H,25,26,27). The number of aromatic amines is 1. The van der Waals surface area contributed by atoms with Crippen LogP contribution >= 0.6 is 23.1 Å². The summed E-state index contributed by atoms with van der Waals surface area (Å²) in [4.78, 5) is 20.7. The van der Waals surface area contributed by atoms with Crippen LogP contribution in [0.2, 0.25) is 0 Å². The highest BCUT2D eigenvalue weighted by molar-refractivity contribution is 7.99. The number of hydrogen-bond donors (Lipinski definition) is 2. The minimum Gasteiger partial charge on any atom is -0.497 e. The van der Waals surface area contributed by atoms with Crippen LogP contribution in [-0.2, 0) is 4.79 Å². The summed E-state index contributed by atoms with van der Waals surface area (Å²) in [5, 5.41) is 11.8. The second kappa shape index (κ2) is 9.23. The number of thiazole rings is 1. The first-order valence-corrected chi connectivity index (χ1v) is 10.8. The number of H-pyrrole nitrogens is 1. The highest BCUT2D eigenvalue weighted by atomic mass is 32.2. The maximum atomic E-state index is 13.9. The molecule has 0 atom stereocenters. The predicted molar refractivity (Wildman–Crippen MR) is 115 cm³/mol. The third kappa shape index (κ3) is 5.06. The number of nitrogens with one attached hydrogen (secondary N) is 2. The molecule has 2 aromatic heterocycles. The van der Waals surface area contributed by atoms with E-state index in [-0.39, 0.29) is 28.0 Å². The minimum absolute atomic E-state index is 0.0397. The fourth-order valence-corrected chi connectivity index (χ4v) is 3.95. The molecule has 0 saturated heterocycles. The van der Waals surface area contributed by atoms with Crippen molar-refractivity contribution in [2.45, 2.75) is 5.16 Å². The SMILES string of the molecule is COc1ccc(-c2nc(SCC(=O)Nc3nc(-c4cc(F)ccc4F)cs3)n[nH]2)cc1. The van der Waals surface area contributed by atoms with Gasteiger partial charge in [-0.1, -0.05) is 11.8 Å². The zero-order valence-electron chi connectivity index (χ0n) is 16.1. The Morgan fingerprint density at radius 3 is 2.77 bits per heavy atom. The van der Waals surface area contributed by atoms with Crippen LogP contribution < -0.4 is 10.1 Å². The number of nitrogens with zero attached hydrogens (tertiary/aromatic N) is 3. The molecular weight excluding hydrogens is 444 g/mol. The molecule has 1 amide bonds. The van der Waals surface area contributed by atoms with Gasteiger partial charge < -0.3 is 10.1 Å². The molecule has 2 N–H and O–H groups in total. The Morgan fingerprint density at radius 2 is 2.00 bits per heavy atom. The van der Waals surface area contributed by atoms with E-state index < -0.39 is 11.6 Å². The van der Waals surface area contributed by atoms with Crippen molar-refractivity contribution in [3.05, 3.63) is 59.5 Å². The lowest BCUT2D eigenvalue weighted by Gasteiger charge is -2.01. The Kier molecular flexibility index (Phi) is 6.23. The van der Waals surface area contributed by atoms with E-state index in [4.69, 9.17) is 4.74 Å². The molecule has 0 unspecified atom stereocenters. The first-order valence-electron chi connectivity index (χ1n) is 8.92. The summed E-state index contributed by atoms with van der Waals surface area (Å²) in [5.74, 6) is -0.0960. The molecular formula is C20H15F2N5O2S2. The fourth-order valence-electron chi connectivity index (χ4n) is 2.62. The summed E-state index contributed by atoms with van der Waals surface area (Å²) >= 11 is 2.28. The average molecular weight is 460 g/mol. The van der Waals surface area contributed by atoms with Crippen molar-refractivity contribution in [2.75, 3.05) is 18.2 Å². The van der Waals surface area contributed by atoms with Crippen LogP contribution in [0.5, 0.6) is 5.75 Å². The minimum atomic E-state index is -0.586. The van der Waals surface area contributed by atoms with Crippen LogP contribution in [0.25, 0.3) is 22.6 Å². The van der Waals surface area contributed by atoms with E-state index in [0.717, 1.165) is 52.6 Å². The number of methoxy groups -OCH3 is 1. The van der Waals surface area contributed by atoms with Gasteiger partial charge in [-0.15, -0.1) is 16.4 Å². The molecule has 0 fully saturated rings. The molecule has 0 aliphatic carbocycles. The van der Waals surface area contributed by atoms with Crippen LogP contribution in [0.3, 0.4) is 0 Å². The summed E-state index contributed by atoms with van der Waals surface area (Å²) in [7, 11) is 1.59. The Balaban J connectivity index is 1.34. The van der Waals surface area contributed by atoms with Crippen LogP contribution in [0, 0.1) is 11.6 Å². The predicted octanol–water partition coefficient (Wildman–Crippen LogP) is 4.61. The molecule has 2 aromatic carbocycles. The normalized spacial score (nSPS) is 10.8. The van der Waals surface area contributed by atoms with Gasteiger partial charge in [0.05, 0.1) is 18.6 Å². The zero-order valence-corrected chi connectivity index (χ0v) is 17.7. The molecule has 4 rings (SSSR count). The topological polar surface area (TPSA) is 92.8 Å². The number of rotatable bonds is 7. The molecule has 4 aromatic rings. The maximum Gasteiger partial charge on any atom is 0.236 e. The van der Waals surface area contributed by atoms with E-state index in [9.17, 15) is 13.6 Å². The van der Waals surface area contributed by atoms with Gasteiger partial charge in [-0.2, -0.15) is 0 Å². The number of carbonyl (C=O) groups excluding carboxylic acids is 1. The summed E-state index contributed by atoms with van der Waals surface area (Å²) in [5.41, 5.74) is 1.13. The number of hydrogen-bond acceptors (Lipinski definition) is 7. The van der Waals surface area contributed by atoms with Crippen molar-refractivity contribution in [1.29, 1.82) is 0 Å². The smallest absolute Gasteiger partial charge is 0.236 e. The number of benzene rings is 2. The second-order valence-electron chi connectivity index (χ2n) is 6.19. The summed E-state index contributed by atoms with van der Waals surface area (Å²) in [6, 6.07) is 10.5. The summed E-state index contributed by atoms with van der Waals surface area (Å²) in [6.45, 7) is 0. The van der Waals surface area contributed by atoms with Gasteiger partial charge in [-0.25, -0.2) is 18.7 Å². The van der Waals surface area contributed by atoms with E-state index in [1.54, 1.807) is 12.5 Å². The van der Waals surface area contributed by atoms with Gasteiger partial charge in [-0.05, 0) is 42.5 Å².